The molecular formula is C23H33NO3Si. The maximum atomic E-state index is 12.8. The average Bonchev–Trinajstić information content (AvgIpc) is 2.83. The standard InChI is InChI=1S/C23H33NO3Si/c1-15-12-19(24(5)16-10-8-9-11-17(25)13-16)18-14-27-22(26)20(18)21(15)28(6,7)23(2,3)4/h9,11-12,16H,8,10,13-14H2,1-7H3. The van der Waals surface area contributed by atoms with Crippen LogP contribution in [0.4, 0.5) is 5.69 Å². The number of fused-ring (bicyclic) bond motifs is 1. The van der Waals surface area contributed by atoms with E-state index in [0.29, 0.717) is 13.0 Å². The number of allylic oxidation sites excluding steroid dienone is 2. The summed E-state index contributed by atoms with van der Waals surface area (Å²) in [6, 6.07) is 2.36. The fraction of sp³-hybridized carbons (Fsp3) is 0.565. The van der Waals surface area contributed by atoms with Crippen molar-refractivity contribution in [1.29, 1.82) is 0 Å². The van der Waals surface area contributed by atoms with Gasteiger partial charge in [-0.25, -0.2) is 4.79 Å². The number of esters is 1. The quantitative estimate of drug-likeness (QED) is 0.555. The minimum Gasteiger partial charge on any atom is -0.457 e. The first-order chi connectivity index (χ1) is 12.9. The lowest BCUT2D eigenvalue weighted by atomic mass is 10.00. The van der Waals surface area contributed by atoms with E-state index in [1.807, 2.05) is 13.1 Å². The molecule has 0 saturated carbocycles. The van der Waals surface area contributed by atoms with Crippen LogP contribution in [0.25, 0.3) is 0 Å². The Morgan fingerprint density at radius 1 is 1.21 bits per heavy atom. The Morgan fingerprint density at radius 3 is 2.54 bits per heavy atom. The number of hydrogen-bond acceptors (Lipinski definition) is 4. The zero-order chi connectivity index (χ0) is 20.9. The summed E-state index contributed by atoms with van der Waals surface area (Å²) in [5.74, 6) is -0.0141. The largest absolute Gasteiger partial charge is 0.457 e. The first-order valence-electron chi connectivity index (χ1n) is 10.2. The highest BCUT2D eigenvalue weighted by Crippen LogP contribution is 2.40. The van der Waals surface area contributed by atoms with Gasteiger partial charge in [0.2, 0.25) is 0 Å². The van der Waals surface area contributed by atoms with Crippen LogP contribution in [-0.4, -0.2) is 32.9 Å². The summed E-state index contributed by atoms with van der Waals surface area (Å²) in [6.45, 7) is 14.0. The number of hydrogen-bond donors (Lipinski definition) is 0. The van der Waals surface area contributed by atoms with Gasteiger partial charge in [-0.15, -0.1) is 0 Å². The molecule has 0 N–H and O–H groups in total. The second kappa shape index (κ2) is 7.18. The van der Waals surface area contributed by atoms with E-state index in [9.17, 15) is 9.59 Å². The minimum absolute atomic E-state index is 0.126. The highest BCUT2D eigenvalue weighted by molar-refractivity contribution is 6.93. The molecule has 1 heterocycles. The zero-order valence-electron chi connectivity index (χ0n) is 18.3. The summed E-state index contributed by atoms with van der Waals surface area (Å²) in [5.41, 5.74) is 4.01. The van der Waals surface area contributed by atoms with Crippen LogP contribution < -0.4 is 10.1 Å². The van der Waals surface area contributed by atoms with Crippen molar-refractivity contribution >= 4 is 30.7 Å². The predicted octanol–water partition coefficient (Wildman–Crippen LogP) is 4.49. The van der Waals surface area contributed by atoms with E-state index in [1.54, 1.807) is 6.08 Å². The number of benzene rings is 1. The third-order valence-electron chi connectivity index (χ3n) is 7.00. The van der Waals surface area contributed by atoms with E-state index in [4.69, 9.17) is 4.74 Å². The number of rotatable bonds is 3. The highest BCUT2D eigenvalue weighted by atomic mass is 28.3. The van der Waals surface area contributed by atoms with Gasteiger partial charge in [0.05, 0.1) is 13.6 Å². The molecule has 1 aromatic carbocycles. The number of anilines is 1. The molecule has 0 radical (unpaired) electrons. The Hall–Kier alpha value is -1.88. The molecule has 3 rings (SSSR count). The molecule has 5 heteroatoms. The Bertz CT molecular complexity index is 848. The number of carbonyl (C=O) groups excluding carboxylic acids is 2. The molecule has 28 heavy (non-hydrogen) atoms. The molecule has 1 atom stereocenters. The molecule has 1 aliphatic carbocycles. The molecule has 4 nitrogen and oxygen atoms in total. The van der Waals surface area contributed by atoms with Gasteiger partial charge in [-0.3, -0.25) is 4.79 Å². The van der Waals surface area contributed by atoms with Crippen molar-refractivity contribution in [2.45, 2.75) is 77.7 Å². The smallest absolute Gasteiger partial charge is 0.338 e. The molecular weight excluding hydrogens is 366 g/mol. The van der Waals surface area contributed by atoms with Crippen LogP contribution in [0.1, 0.15) is 61.5 Å². The van der Waals surface area contributed by atoms with Crippen molar-refractivity contribution in [3.8, 4) is 0 Å². The molecule has 0 aromatic heterocycles. The van der Waals surface area contributed by atoms with Crippen LogP contribution in [0, 0.1) is 6.92 Å². The molecule has 1 aliphatic heterocycles. The molecule has 1 unspecified atom stereocenters. The van der Waals surface area contributed by atoms with Crippen molar-refractivity contribution in [2.75, 3.05) is 11.9 Å². The van der Waals surface area contributed by atoms with Crippen LogP contribution in [0.5, 0.6) is 0 Å². The van der Waals surface area contributed by atoms with Crippen molar-refractivity contribution < 1.29 is 14.3 Å². The summed E-state index contributed by atoms with van der Waals surface area (Å²) in [6.07, 6.45) is 6.03. The van der Waals surface area contributed by atoms with Gasteiger partial charge in [-0.2, -0.15) is 0 Å². The van der Waals surface area contributed by atoms with Crippen molar-refractivity contribution in [2.24, 2.45) is 0 Å². The predicted molar refractivity (Wildman–Crippen MR) is 117 cm³/mol. The molecule has 0 bridgehead atoms. The third kappa shape index (κ3) is 3.45. The van der Waals surface area contributed by atoms with E-state index in [0.717, 1.165) is 29.7 Å². The van der Waals surface area contributed by atoms with Crippen LogP contribution in [0.3, 0.4) is 0 Å². The number of carbonyl (C=O) groups is 2. The molecule has 1 aromatic rings. The summed E-state index contributed by atoms with van der Waals surface area (Å²) in [7, 11) is 0.125. The molecule has 0 saturated heterocycles. The van der Waals surface area contributed by atoms with Crippen LogP contribution in [0.2, 0.25) is 18.1 Å². The van der Waals surface area contributed by atoms with E-state index >= 15 is 0 Å². The van der Waals surface area contributed by atoms with Gasteiger partial charge in [-0.1, -0.05) is 39.9 Å². The maximum absolute atomic E-state index is 12.8. The maximum Gasteiger partial charge on any atom is 0.338 e. The van der Waals surface area contributed by atoms with Gasteiger partial charge in [-0.05, 0) is 47.7 Å². The molecule has 0 amide bonds. The Morgan fingerprint density at radius 2 is 1.89 bits per heavy atom. The Kier molecular flexibility index (Phi) is 5.34. The van der Waals surface area contributed by atoms with Gasteiger partial charge in [0.1, 0.15) is 6.61 Å². The summed E-state index contributed by atoms with van der Waals surface area (Å²) in [5, 5.41) is 1.36. The molecule has 2 aliphatic rings. The number of ketones is 1. The number of cyclic esters (lactones) is 1. The average molecular weight is 400 g/mol. The zero-order valence-corrected chi connectivity index (χ0v) is 19.3. The second-order valence-corrected chi connectivity index (χ2v) is 15.1. The third-order valence-corrected chi connectivity index (χ3v) is 12.6. The van der Waals surface area contributed by atoms with E-state index in [-0.39, 0.29) is 22.8 Å². The number of ether oxygens (including phenoxy) is 1. The fourth-order valence-corrected chi connectivity index (χ4v) is 7.04. The lowest BCUT2D eigenvalue weighted by Gasteiger charge is -2.40. The van der Waals surface area contributed by atoms with Crippen LogP contribution in [-0.2, 0) is 16.1 Å². The van der Waals surface area contributed by atoms with Gasteiger partial charge >= 0.3 is 5.97 Å². The summed E-state index contributed by atoms with van der Waals surface area (Å²) >= 11 is 0. The van der Waals surface area contributed by atoms with Gasteiger partial charge in [0.15, 0.2) is 5.78 Å². The molecule has 152 valence electrons. The van der Waals surface area contributed by atoms with E-state index < -0.39 is 8.07 Å². The van der Waals surface area contributed by atoms with Gasteiger partial charge in [0, 0.05) is 30.8 Å². The van der Waals surface area contributed by atoms with Crippen molar-refractivity contribution in [3.63, 3.8) is 0 Å². The monoisotopic (exact) mass is 399 g/mol. The van der Waals surface area contributed by atoms with Crippen LogP contribution >= 0.6 is 0 Å². The van der Waals surface area contributed by atoms with Gasteiger partial charge in [0.25, 0.3) is 0 Å². The first-order valence-corrected chi connectivity index (χ1v) is 13.2. The topological polar surface area (TPSA) is 46.6 Å². The second-order valence-electron chi connectivity index (χ2n) is 9.81. The lowest BCUT2D eigenvalue weighted by Crippen LogP contribution is -2.53. The summed E-state index contributed by atoms with van der Waals surface area (Å²) < 4.78 is 5.53. The van der Waals surface area contributed by atoms with Crippen molar-refractivity contribution in [3.05, 3.63) is 34.9 Å². The number of aryl methyl sites for hydroxylation is 1. The van der Waals surface area contributed by atoms with Crippen molar-refractivity contribution in [1.82, 2.24) is 0 Å². The molecule has 0 fully saturated rings. The van der Waals surface area contributed by atoms with E-state index in [2.05, 4.69) is 51.8 Å². The fourth-order valence-electron chi connectivity index (χ4n) is 4.35. The SMILES string of the molecule is Cc1cc(N(C)C2CCC=CC(=O)C2)c2c(c1[Si](C)(C)C(C)(C)C)C(=O)OC2. The first kappa shape index (κ1) is 20.8. The Balaban J connectivity index is 2.13. The Labute approximate surface area is 170 Å². The summed E-state index contributed by atoms with van der Waals surface area (Å²) in [4.78, 5) is 27.1. The van der Waals surface area contributed by atoms with E-state index in [1.165, 1.54) is 10.8 Å². The molecule has 0 spiro atoms. The van der Waals surface area contributed by atoms with Gasteiger partial charge < -0.3 is 9.64 Å². The minimum atomic E-state index is -1.92. The normalized spacial score (nSPS) is 20.0. The lowest BCUT2D eigenvalue weighted by molar-refractivity contribution is -0.114. The highest BCUT2D eigenvalue weighted by Gasteiger charge is 2.43. The van der Waals surface area contributed by atoms with Crippen LogP contribution in [0.15, 0.2) is 18.2 Å². The number of nitrogens with zero attached hydrogens (tertiary/aromatic N) is 1.